The van der Waals surface area contributed by atoms with Crippen LogP contribution in [-0.2, 0) is 0 Å². The van der Waals surface area contributed by atoms with Crippen molar-refractivity contribution in [1.82, 2.24) is 0 Å². The van der Waals surface area contributed by atoms with Gasteiger partial charge in [0.05, 0.1) is 0 Å². The fourth-order valence-electron chi connectivity index (χ4n) is 1.67. The Hall–Kier alpha value is -0.560. The Morgan fingerprint density at radius 1 is 1.08 bits per heavy atom. The first-order valence-corrected chi connectivity index (χ1v) is 5.37. The highest BCUT2D eigenvalue weighted by Gasteiger charge is 1.96. The fraction of sp³-hybridized carbons (Fsp3) is 0.667. The van der Waals surface area contributed by atoms with E-state index in [1.54, 1.807) is 0 Å². The molecule has 13 heavy (non-hydrogen) atoms. The Kier molecular flexibility index (Phi) is 5.59. The molecule has 0 amide bonds. The van der Waals surface area contributed by atoms with Crippen LogP contribution >= 0.6 is 0 Å². The van der Waals surface area contributed by atoms with Crippen LogP contribution in [0.25, 0.3) is 0 Å². The van der Waals surface area contributed by atoms with E-state index >= 15 is 0 Å². The zero-order valence-electron chi connectivity index (χ0n) is 8.34. The van der Waals surface area contributed by atoms with Gasteiger partial charge >= 0.3 is 0 Å². The van der Waals surface area contributed by atoms with Gasteiger partial charge in [-0.05, 0) is 38.5 Å². The molecule has 0 fully saturated rings. The Bertz CT molecular complexity index is 180. The molecule has 0 unspecified atom stereocenters. The van der Waals surface area contributed by atoms with Gasteiger partial charge in [0, 0.05) is 6.61 Å². The summed E-state index contributed by atoms with van der Waals surface area (Å²) in [6, 6.07) is 0. The molecule has 0 aliphatic heterocycles. The van der Waals surface area contributed by atoms with Crippen LogP contribution in [0.15, 0.2) is 23.8 Å². The van der Waals surface area contributed by atoms with Gasteiger partial charge in [-0.25, -0.2) is 0 Å². The first-order valence-electron chi connectivity index (χ1n) is 5.37. The quantitative estimate of drug-likeness (QED) is 0.647. The summed E-state index contributed by atoms with van der Waals surface area (Å²) in [5.74, 6) is 0. The summed E-state index contributed by atoms with van der Waals surface area (Å²) in [6.45, 7) is 0.291. The molecule has 0 radical (unpaired) electrons. The summed E-state index contributed by atoms with van der Waals surface area (Å²) in [5.41, 5.74) is 1.40. The molecule has 1 aliphatic carbocycles. The molecule has 1 nitrogen and oxygen atoms in total. The van der Waals surface area contributed by atoms with Crippen molar-refractivity contribution in [3.8, 4) is 0 Å². The number of aliphatic hydroxyl groups excluding tert-OH is 1. The number of aliphatic hydroxyl groups is 1. The molecule has 1 heteroatoms. The van der Waals surface area contributed by atoms with Crippen LogP contribution in [0, 0.1) is 0 Å². The maximum Gasteiger partial charge on any atom is 0.0468 e. The fourth-order valence-corrected chi connectivity index (χ4v) is 1.67. The second kappa shape index (κ2) is 6.90. The summed E-state index contributed by atoms with van der Waals surface area (Å²) >= 11 is 0. The number of allylic oxidation sites excluding steroid dienone is 3. The van der Waals surface area contributed by atoms with Crippen LogP contribution in [0.3, 0.4) is 0 Å². The summed E-state index contributed by atoms with van der Waals surface area (Å²) in [6.07, 6.45) is 15.1. The minimum absolute atomic E-state index is 0.291. The standard InChI is InChI=1S/C12H20O/c13-11-10-12-8-6-4-2-1-3-5-7-9-12/h4,6,9,13H,1-3,5,7-8,10-11H2/b6-4-,12-9-. The van der Waals surface area contributed by atoms with E-state index in [-0.39, 0.29) is 0 Å². The summed E-state index contributed by atoms with van der Waals surface area (Å²) in [5, 5.41) is 8.84. The predicted molar refractivity (Wildman–Crippen MR) is 56.6 cm³/mol. The van der Waals surface area contributed by atoms with Gasteiger partial charge in [0.1, 0.15) is 0 Å². The van der Waals surface area contributed by atoms with Gasteiger partial charge in [-0.3, -0.25) is 0 Å². The lowest BCUT2D eigenvalue weighted by Crippen LogP contribution is -1.89. The third-order valence-electron chi connectivity index (χ3n) is 2.49. The van der Waals surface area contributed by atoms with Gasteiger partial charge in [0.15, 0.2) is 0 Å². The van der Waals surface area contributed by atoms with Crippen molar-refractivity contribution in [1.29, 1.82) is 0 Å². The van der Waals surface area contributed by atoms with Crippen LogP contribution < -0.4 is 0 Å². The van der Waals surface area contributed by atoms with E-state index in [1.807, 2.05) is 0 Å². The molecule has 0 heterocycles. The van der Waals surface area contributed by atoms with Crippen LogP contribution in [0.4, 0.5) is 0 Å². The van der Waals surface area contributed by atoms with Crippen molar-refractivity contribution in [2.75, 3.05) is 6.61 Å². The maximum absolute atomic E-state index is 8.84. The van der Waals surface area contributed by atoms with E-state index < -0.39 is 0 Å². The Morgan fingerprint density at radius 2 is 1.92 bits per heavy atom. The highest BCUT2D eigenvalue weighted by molar-refractivity contribution is 5.08. The van der Waals surface area contributed by atoms with Gasteiger partial charge < -0.3 is 5.11 Å². The van der Waals surface area contributed by atoms with E-state index in [0.29, 0.717) is 6.61 Å². The molecule has 0 aromatic rings. The third-order valence-corrected chi connectivity index (χ3v) is 2.49. The molecule has 0 aromatic carbocycles. The average molecular weight is 180 g/mol. The lowest BCUT2D eigenvalue weighted by molar-refractivity contribution is 0.298. The van der Waals surface area contributed by atoms with Gasteiger partial charge in [0.2, 0.25) is 0 Å². The predicted octanol–water partition coefficient (Wildman–Crippen LogP) is 3.21. The van der Waals surface area contributed by atoms with Gasteiger partial charge in [0.25, 0.3) is 0 Å². The monoisotopic (exact) mass is 180 g/mol. The highest BCUT2D eigenvalue weighted by Crippen LogP contribution is 2.14. The molecule has 1 N–H and O–H groups in total. The smallest absolute Gasteiger partial charge is 0.0468 e. The minimum Gasteiger partial charge on any atom is -0.396 e. The van der Waals surface area contributed by atoms with E-state index in [1.165, 1.54) is 37.7 Å². The second-order valence-corrected chi connectivity index (χ2v) is 3.65. The zero-order valence-corrected chi connectivity index (χ0v) is 8.34. The second-order valence-electron chi connectivity index (χ2n) is 3.65. The SMILES string of the molecule is OCC/C1=C\CCCCC/C=C\C1. The van der Waals surface area contributed by atoms with Crippen molar-refractivity contribution >= 4 is 0 Å². The van der Waals surface area contributed by atoms with Crippen molar-refractivity contribution < 1.29 is 5.11 Å². The van der Waals surface area contributed by atoms with Crippen LogP contribution in [-0.4, -0.2) is 11.7 Å². The number of hydrogen-bond acceptors (Lipinski definition) is 1. The van der Waals surface area contributed by atoms with E-state index in [9.17, 15) is 0 Å². The van der Waals surface area contributed by atoms with E-state index in [2.05, 4.69) is 18.2 Å². The molecule has 0 bridgehead atoms. The van der Waals surface area contributed by atoms with Crippen molar-refractivity contribution in [2.24, 2.45) is 0 Å². The zero-order chi connectivity index (χ0) is 9.36. The molecule has 1 aliphatic rings. The first-order chi connectivity index (χ1) is 6.43. The lowest BCUT2D eigenvalue weighted by atomic mass is 10.0. The Labute approximate surface area is 81.2 Å². The van der Waals surface area contributed by atoms with Gasteiger partial charge in [-0.1, -0.05) is 30.2 Å². The van der Waals surface area contributed by atoms with Crippen molar-refractivity contribution in [2.45, 2.75) is 44.9 Å². The van der Waals surface area contributed by atoms with E-state index in [4.69, 9.17) is 5.11 Å². The molecule has 0 saturated heterocycles. The molecule has 0 spiro atoms. The molecule has 1 rings (SSSR count). The van der Waals surface area contributed by atoms with Crippen LogP contribution in [0.5, 0.6) is 0 Å². The first kappa shape index (κ1) is 10.5. The molecule has 0 atom stereocenters. The van der Waals surface area contributed by atoms with Gasteiger partial charge in [-0.2, -0.15) is 0 Å². The summed E-state index contributed by atoms with van der Waals surface area (Å²) in [4.78, 5) is 0. The minimum atomic E-state index is 0.291. The van der Waals surface area contributed by atoms with Crippen LogP contribution in [0.2, 0.25) is 0 Å². The van der Waals surface area contributed by atoms with Crippen molar-refractivity contribution in [3.63, 3.8) is 0 Å². The topological polar surface area (TPSA) is 20.2 Å². The molecular formula is C12H20O. The average Bonchev–Trinajstić information content (AvgIpc) is 2.16. The summed E-state index contributed by atoms with van der Waals surface area (Å²) < 4.78 is 0. The van der Waals surface area contributed by atoms with E-state index in [0.717, 1.165) is 12.8 Å². The number of rotatable bonds is 2. The maximum atomic E-state index is 8.84. The largest absolute Gasteiger partial charge is 0.396 e. The third kappa shape index (κ3) is 4.89. The van der Waals surface area contributed by atoms with Crippen molar-refractivity contribution in [3.05, 3.63) is 23.8 Å². The lowest BCUT2D eigenvalue weighted by Gasteiger charge is -2.05. The molecular weight excluding hydrogens is 160 g/mol. The molecule has 0 saturated carbocycles. The van der Waals surface area contributed by atoms with Crippen LogP contribution in [0.1, 0.15) is 44.9 Å². The number of hydrogen-bond donors (Lipinski definition) is 1. The summed E-state index contributed by atoms with van der Waals surface area (Å²) in [7, 11) is 0. The van der Waals surface area contributed by atoms with Gasteiger partial charge in [-0.15, -0.1) is 0 Å². The normalized spacial score (nSPS) is 26.1. The molecule has 0 aromatic heterocycles. The molecule has 74 valence electrons. The highest BCUT2D eigenvalue weighted by atomic mass is 16.2. The Morgan fingerprint density at radius 3 is 2.77 bits per heavy atom. The Balaban J connectivity index is 2.42.